The largest absolute Gasteiger partial charge is 0.486 e. The van der Waals surface area contributed by atoms with E-state index in [9.17, 15) is 9.18 Å². The number of amides is 1. The maximum atomic E-state index is 13.1. The molecule has 1 heterocycles. The normalized spacial score (nSPS) is 12.8. The molecule has 0 radical (unpaired) electrons. The number of carbonyl (C=O) groups excluding carboxylic acids is 1. The number of aryl methyl sites for hydroxylation is 1. The molecular formula is C17H16FNO3. The molecule has 0 aliphatic carbocycles. The topological polar surface area (TPSA) is 47.6 Å². The van der Waals surface area contributed by atoms with Crippen molar-refractivity contribution in [3.05, 3.63) is 58.9 Å². The fraction of sp³-hybridized carbons (Fsp3) is 0.235. The second-order valence-corrected chi connectivity index (χ2v) is 5.12. The van der Waals surface area contributed by atoms with Crippen molar-refractivity contribution in [3.63, 3.8) is 0 Å². The Hall–Kier alpha value is -2.56. The maximum absolute atomic E-state index is 13.1. The quantitative estimate of drug-likeness (QED) is 0.948. The summed E-state index contributed by atoms with van der Waals surface area (Å²) in [5.74, 6) is 0.674. The molecule has 0 unspecified atom stereocenters. The second-order valence-electron chi connectivity index (χ2n) is 5.12. The molecule has 1 aliphatic rings. The molecule has 5 heteroatoms. The lowest BCUT2D eigenvalue weighted by atomic mass is 10.1. The molecule has 3 rings (SSSR count). The highest BCUT2D eigenvalue weighted by molar-refractivity contribution is 5.94. The van der Waals surface area contributed by atoms with Gasteiger partial charge in [-0.3, -0.25) is 4.79 Å². The van der Waals surface area contributed by atoms with Crippen LogP contribution in [0, 0.1) is 12.7 Å². The number of ether oxygens (including phenoxy) is 2. The molecule has 1 N–H and O–H groups in total. The van der Waals surface area contributed by atoms with Crippen molar-refractivity contribution in [1.82, 2.24) is 5.32 Å². The third-order valence-corrected chi connectivity index (χ3v) is 3.53. The molecule has 2 aromatic rings. The fourth-order valence-electron chi connectivity index (χ4n) is 2.33. The van der Waals surface area contributed by atoms with E-state index in [1.807, 2.05) is 19.1 Å². The SMILES string of the molecule is Cc1cc2c(cc1CNC(=O)c1cccc(F)c1)OCCO2. The third-order valence-electron chi connectivity index (χ3n) is 3.53. The van der Waals surface area contributed by atoms with Crippen molar-refractivity contribution in [3.8, 4) is 11.5 Å². The molecule has 0 aromatic heterocycles. The van der Waals surface area contributed by atoms with Crippen molar-refractivity contribution in [2.45, 2.75) is 13.5 Å². The minimum Gasteiger partial charge on any atom is -0.486 e. The second kappa shape index (κ2) is 6.05. The number of fused-ring (bicyclic) bond motifs is 1. The Balaban J connectivity index is 1.72. The summed E-state index contributed by atoms with van der Waals surface area (Å²) in [5.41, 5.74) is 2.24. The van der Waals surface area contributed by atoms with Gasteiger partial charge in [-0.15, -0.1) is 0 Å². The molecule has 0 fully saturated rings. The number of benzene rings is 2. The average Bonchev–Trinajstić information content (AvgIpc) is 2.52. The van der Waals surface area contributed by atoms with Gasteiger partial charge in [-0.05, 0) is 48.4 Å². The third kappa shape index (κ3) is 3.03. The van der Waals surface area contributed by atoms with Crippen molar-refractivity contribution in [2.24, 2.45) is 0 Å². The number of hydrogen-bond acceptors (Lipinski definition) is 3. The molecular weight excluding hydrogens is 285 g/mol. The van der Waals surface area contributed by atoms with Crippen LogP contribution < -0.4 is 14.8 Å². The summed E-state index contributed by atoms with van der Waals surface area (Å²) >= 11 is 0. The summed E-state index contributed by atoms with van der Waals surface area (Å²) < 4.78 is 24.2. The number of carbonyl (C=O) groups is 1. The predicted octanol–water partition coefficient (Wildman–Crippen LogP) is 2.84. The first-order chi connectivity index (χ1) is 10.6. The summed E-state index contributed by atoms with van der Waals surface area (Å²) in [6.07, 6.45) is 0. The van der Waals surface area contributed by atoms with Crippen LogP contribution in [0.25, 0.3) is 0 Å². The summed E-state index contributed by atoms with van der Waals surface area (Å²) in [6.45, 7) is 3.35. The zero-order valence-corrected chi connectivity index (χ0v) is 12.2. The summed E-state index contributed by atoms with van der Waals surface area (Å²) in [7, 11) is 0. The number of nitrogens with one attached hydrogen (secondary N) is 1. The van der Waals surface area contributed by atoms with Crippen molar-refractivity contribution < 1.29 is 18.7 Å². The van der Waals surface area contributed by atoms with Crippen molar-refractivity contribution in [2.75, 3.05) is 13.2 Å². The molecule has 114 valence electrons. The average molecular weight is 301 g/mol. The van der Waals surface area contributed by atoms with Gasteiger partial charge < -0.3 is 14.8 Å². The molecule has 2 aromatic carbocycles. The number of halogens is 1. The molecule has 0 saturated carbocycles. The van der Waals surface area contributed by atoms with Crippen LogP contribution in [0.15, 0.2) is 36.4 Å². The van der Waals surface area contributed by atoms with E-state index >= 15 is 0 Å². The van der Waals surface area contributed by atoms with Crippen LogP contribution in [0.5, 0.6) is 11.5 Å². The van der Waals surface area contributed by atoms with Crippen LogP contribution in [0.1, 0.15) is 21.5 Å². The molecule has 22 heavy (non-hydrogen) atoms. The number of rotatable bonds is 3. The fourth-order valence-corrected chi connectivity index (χ4v) is 2.33. The standard InChI is InChI=1S/C17H16FNO3/c1-11-7-15-16(22-6-5-21-15)9-13(11)10-19-17(20)12-3-2-4-14(18)8-12/h2-4,7-9H,5-6,10H2,1H3,(H,19,20). The Bertz CT molecular complexity index is 715. The van der Waals surface area contributed by atoms with E-state index in [4.69, 9.17) is 9.47 Å². The Morgan fingerprint density at radius 2 is 1.91 bits per heavy atom. The summed E-state index contributed by atoms with van der Waals surface area (Å²) in [4.78, 5) is 12.0. The first kappa shape index (κ1) is 14.4. The lowest BCUT2D eigenvalue weighted by molar-refractivity contribution is 0.0950. The highest BCUT2D eigenvalue weighted by Gasteiger charge is 2.15. The zero-order valence-electron chi connectivity index (χ0n) is 12.2. The molecule has 1 aliphatic heterocycles. The van der Waals surface area contributed by atoms with Gasteiger partial charge in [0.05, 0.1) is 0 Å². The van der Waals surface area contributed by atoms with Crippen LogP contribution in [0.4, 0.5) is 4.39 Å². The molecule has 1 amide bonds. The maximum Gasteiger partial charge on any atom is 0.251 e. The van der Waals surface area contributed by atoms with Gasteiger partial charge in [0.1, 0.15) is 19.0 Å². The molecule has 0 saturated heterocycles. The van der Waals surface area contributed by atoms with E-state index in [-0.39, 0.29) is 5.91 Å². The van der Waals surface area contributed by atoms with Crippen LogP contribution in [-0.4, -0.2) is 19.1 Å². The van der Waals surface area contributed by atoms with Gasteiger partial charge in [0, 0.05) is 12.1 Å². The van der Waals surface area contributed by atoms with Crippen molar-refractivity contribution >= 4 is 5.91 Å². The lowest BCUT2D eigenvalue weighted by Gasteiger charge is -2.20. The Morgan fingerprint density at radius 3 is 2.64 bits per heavy atom. The van der Waals surface area contributed by atoms with Gasteiger partial charge >= 0.3 is 0 Å². The number of hydrogen-bond donors (Lipinski definition) is 1. The first-order valence-electron chi connectivity index (χ1n) is 7.06. The smallest absolute Gasteiger partial charge is 0.251 e. The lowest BCUT2D eigenvalue weighted by Crippen LogP contribution is -2.23. The Kier molecular flexibility index (Phi) is 3.96. The Labute approximate surface area is 127 Å². The minimum atomic E-state index is -0.428. The Morgan fingerprint density at radius 1 is 1.18 bits per heavy atom. The van der Waals surface area contributed by atoms with E-state index in [0.717, 1.165) is 16.9 Å². The van der Waals surface area contributed by atoms with Gasteiger partial charge in [-0.2, -0.15) is 0 Å². The van der Waals surface area contributed by atoms with Gasteiger partial charge in [0.2, 0.25) is 0 Å². The predicted molar refractivity (Wildman–Crippen MR) is 79.7 cm³/mol. The van der Waals surface area contributed by atoms with Gasteiger partial charge in [-0.25, -0.2) is 4.39 Å². The van der Waals surface area contributed by atoms with E-state index in [2.05, 4.69) is 5.32 Å². The van der Waals surface area contributed by atoms with Crippen LogP contribution >= 0.6 is 0 Å². The highest BCUT2D eigenvalue weighted by Crippen LogP contribution is 2.32. The van der Waals surface area contributed by atoms with E-state index in [1.165, 1.54) is 18.2 Å². The zero-order chi connectivity index (χ0) is 15.5. The van der Waals surface area contributed by atoms with Crippen LogP contribution in [0.3, 0.4) is 0 Å². The van der Waals surface area contributed by atoms with E-state index in [1.54, 1.807) is 6.07 Å². The molecule has 0 atom stereocenters. The molecule has 0 spiro atoms. The minimum absolute atomic E-state index is 0.301. The van der Waals surface area contributed by atoms with Crippen LogP contribution in [0.2, 0.25) is 0 Å². The first-order valence-corrected chi connectivity index (χ1v) is 7.06. The summed E-state index contributed by atoms with van der Waals surface area (Å²) in [6, 6.07) is 9.39. The van der Waals surface area contributed by atoms with Gasteiger partial charge in [0.25, 0.3) is 5.91 Å². The monoisotopic (exact) mass is 301 g/mol. The highest BCUT2D eigenvalue weighted by atomic mass is 19.1. The van der Waals surface area contributed by atoms with E-state index < -0.39 is 5.82 Å². The molecule has 4 nitrogen and oxygen atoms in total. The molecule has 0 bridgehead atoms. The van der Waals surface area contributed by atoms with Gasteiger partial charge in [0.15, 0.2) is 11.5 Å². The van der Waals surface area contributed by atoms with Gasteiger partial charge in [-0.1, -0.05) is 6.07 Å². The van der Waals surface area contributed by atoms with Crippen LogP contribution in [-0.2, 0) is 6.54 Å². The van der Waals surface area contributed by atoms with E-state index in [0.29, 0.717) is 31.1 Å². The summed E-state index contributed by atoms with van der Waals surface area (Å²) in [5, 5.41) is 2.79. The van der Waals surface area contributed by atoms with Crippen molar-refractivity contribution in [1.29, 1.82) is 0 Å².